The molecule has 3 rings (SSSR count). The lowest BCUT2D eigenvalue weighted by Gasteiger charge is -2.11. The van der Waals surface area contributed by atoms with E-state index in [2.05, 4.69) is 6.07 Å². The van der Waals surface area contributed by atoms with Crippen molar-refractivity contribution in [1.29, 1.82) is 5.41 Å². The fraction of sp³-hybridized carbons (Fsp3) is 0.188. The lowest BCUT2D eigenvalue weighted by atomic mass is 10.1. The van der Waals surface area contributed by atoms with Gasteiger partial charge in [-0.3, -0.25) is 5.41 Å². The van der Waals surface area contributed by atoms with Gasteiger partial charge in [0.05, 0.1) is 5.56 Å². The molecule has 0 fully saturated rings. The third-order valence-electron chi connectivity index (χ3n) is 3.53. The van der Waals surface area contributed by atoms with Crippen LogP contribution in [0.5, 0.6) is 11.5 Å². The van der Waals surface area contributed by atoms with Crippen LogP contribution in [0.4, 0.5) is 4.39 Å². The number of nitrogens with one attached hydrogen (secondary N) is 1. The molecule has 0 heterocycles. The number of nitrogen functional groups attached to an aromatic ring is 1. The van der Waals surface area contributed by atoms with Crippen molar-refractivity contribution in [3.05, 3.63) is 58.9 Å². The van der Waals surface area contributed by atoms with Gasteiger partial charge in [0.1, 0.15) is 23.2 Å². The Morgan fingerprint density at radius 3 is 2.70 bits per heavy atom. The molecule has 0 bridgehead atoms. The second-order valence-corrected chi connectivity index (χ2v) is 4.94. The van der Waals surface area contributed by atoms with Gasteiger partial charge in [-0.2, -0.15) is 0 Å². The number of aryl methyl sites for hydroxylation is 2. The lowest BCUT2D eigenvalue weighted by Crippen LogP contribution is -2.12. The van der Waals surface area contributed by atoms with Crippen LogP contribution in [-0.4, -0.2) is 5.84 Å². The molecule has 4 heteroatoms. The Balaban J connectivity index is 1.93. The zero-order valence-electron chi connectivity index (χ0n) is 10.9. The molecule has 0 atom stereocenters. The standard InChI is InChI=1S/C16H15FN2O/c17-12-5-7-15(14(9-12)16(18)19)20-13-6-4-10-2-1-3-11(10)8-13/h4-9H,1-3H2,(H3,18,19). The van der Waals surface area contributed by atoms with Crippen LogP contribution in [0.15, 0.2) is 36.4 Å². The summed E-state index contributed by atoms with van der Waals surface area (Å²) in [7, 11) is 0. The summed E-state index contributed by atoms with van der Waals surface area (Å²) in [6.45, 7) is 0. The van der Waals surface area contributed by atoms with Crippen molar-refractivity contribution in [1.82, 2.24) is 0 Å². The molecule has 1 aliphatic carbocycles. The molecule has 3 nitrogen and oxygen atoms in total. The second-order valence-electron chi connectivity index (χ2n) is 4.94. The third kappa shape index (κ3) is 2.37. The van der Waals surface area contributed by atoms with E-state index in [1.807, 2.05) is 12.1 Å². The van der Waals surface area contributed by atoms with Crippen molar-refractivity contribution < 1.29 is 9.13 Å². The molecule has 0 unspecified atom stereocenters. The number of hydrogen-bond acceptors (Lipinski definition) is 2. The number of halogens is 1. The summed E-state index contributed by atoms with van der Waals surface area (Å²) in [6, 6.07) is 9.99. The fourth-order valence-electron chi connectivity index (χ4n) is 2.54. The van der Waals surface area contributed by atoms with Crippen LogP contribution in [-0.2, 0) is 12.8 Å². The van der Waals surface area contributed by atoms with E-state index < -0.39 is 5.82 Å². The van der Waals surface area contributed by atoms with E-state index in [9.17, 15) is 4.39 Å². The first-order valence-corrected chi connectivity index (χ1v) is 6.57. The van der Waals surface area contributed by atoms with Crippen LogP contribution in [0.3, 0.4) is 0 Å². The van der Waals surface area contributed by atoms with E-state index in [0.29, 0.717) is 11.5 Å². The molecule has 102 valence electrons. The first-order chi connectivity index (χ1) is 9.63. The molecule has 3 N–H and O–H groups in total. The average Bonchev–Trinajstić information content (AvgIpc) is 2.88. The molecule has 0 amide bonds. The van der Waals surface area contributed by atoms with Crippen molar-refractivity contribution in [3.8, 4) is 11.5 Å². The summed E-state index contributed by atoms with van der Waals surface area (Å²) in [4.78, 5) is 0. The molecule has 0 saturated heterocycles. The minimum atomic E-state index is -0.434. The first kappa shape index (κ1) is 12.7. The summed E-state index contributed by atoms with van der Waals surface area (Å²) >= 11 is 0. The summed E-state index contributed by atoms with van der Waals surface area (Å²) in [5, 5.41) is 7.49. The van der Waals surface area contributed by atoms with E-state index in [-0.39, 0.29) is 11.4 Å². The van der Waals surface area contributed by atoms with Crippen molar-refractivity contribution in [2.45, 2.75) is 19.3 Å². The second kappa shape index (κ2) is 4.96. The van der Waals surface area contributed by atoms with Gasteiger partial charge < -0.3 is 10.5 Å². The van der Waals surface area contributed by atoms with Gasteiger partial charge >= 0.3 is 0 Å². The molecule has 0 aliphatic heterocycles. The maximum Gasteiger partial charge on any atom is 0.138 e. The highest BCUT2D eigenvalue weighted by Crippen LogP contribution is 2.30. The van der Waals surface area contributed by atoms with Gasteiger partial charge in [0, 0.05) is 0 Å². The number of rotatable bonds is 3. The van der Waals surface area contributed by atoms with Crippen LogP contribution in [0.1, 0.15) is 23.1 Å². The Hall–Kier alpha value is -2.36. The van der Waals surface area contributed by atoms with E-state index in [4.69, 9.17) is 15.9 Å². The Labute approximate surface area is 116 Å². The van der Waals surface area contributed by atoms with Gasteiger partial charge in [0.15, 0.2) is 0 Å². The Morgan fingerprint density at radius 1 is 1.10 bits per heavy atom. The van der Waals surface area contributed by atoms with E-state index in [1.165, 1.54) is 35.7 Å². The number of nitrogens with two attached hydrogens (primary N) is 1. The molecule has 0 radical (unpaired) electrons. The van der Waals surface area contributed by atoms with Gasteiger partial charge in [-0.1, -0.05) is 6.07 Å². The van der Waals surface area contributed by atoms with Crippen LogP contribution < -0.4 is 10.5 Å². The van der Waals surface area contributed by atoms with Gasteiger partial charge in [-0.05, 0) is 60.7 Å². The zero-order valence-corrected chi connectivity index (χ0v) is 10.9. The van der Waals surface area contributed by atoms with Crippen molar-refractivity contribution in [2.75, 3.05) is 0 Å². The molecule has 1 aliphatic rings. The molecule has 0 spiro atoms. The summed E-state index contributed by atoms with van der Waals surface area (Å²) in [5.41, 5.74) is 8.40. The topological polar surface area (TPSA) is 59.1 Å². The highest BCUT2D eigenvalue weighted by atomic mass is 19.1. The number of amidine groups is 1. The van der Waals surface area contributed by atoms with Crippen LogP contribution in [0, 0.1) is 11.2 Å². The summed E-state index contributed by atoms with van der Waals surface area (Å²) in [5.74, 6) is 0.453. The van der Waals surface area contributed by atoms with Crippen molar-refractivity contribution in [3.63, 3.8) is 0 Å². The molecular formula is C16H15FN2O. The maximum atomic E-state index is 13.2. The average molecular weight is 270 g/mol. The minimum absolute atomic E-state index is 0.208. The highest BCUT2D eigenvalue weighted by molar-refractivity contribution is 5.97. The molecule has 2 aromatic carbocycles. The lowest BCUT2D eigenvalue weighted by molar-refractivity contribution is 0.478. The molecule has 20 heavy (non-hydrogen) atoms. The molecule has 0 aromatic heterocycles. The molecule has 0 saturated carbocycles. The number of benzene rings is 2. The fourth-order valence-corrected chi connectivity index (χ4v) is 2.54. The van der Waals surface area contributed by atoms with E-state index >= 15 is 0 Å². The summed E-state index contributed by atoms with van der Waals surface area (Å²) < 4.78 is 19.0. The summed E-state index contributed by atoms with van der Waals surface area (Å²) in [6.07, 6.45) is 3.36. The zero-order chi connectivity index (χ0) is 14.1. The number of fused-ring (bicyclic) bond motifs is 1. The molecule has 2 aromatic rings. The third-order valence-corrected chi connectivity index (χ3v) is 3.53. The van der Waals surface area contributed by atoms with Gasteiger partial charge in [0.25, 0.3) is 0 Å². The van der Waals surface area contributed by atoms with Gasteiger partial charge in [0.2, 0.25) is 0 Å². The number of ether oxygens (including phenoxy) is 1. The Morgan fingerprint density at radius 2 is 1.90 bits per heavy atom. The largest absolute Gasteiger partial charge is 0.457 e. The van der Waals surface area contributed by atoms with Crippen molar-refractivity contribution >= 4 is 5.84 Å². The predicted molar refractivity (Wildman–Crippen MR) is 76.0 cm³/mol. The van der Waals surface area contributed by atoms with Crippen LogP contribution >= 0.6 is 0 Å². The van der Waals surface area contributed by atoms with E-state index in [1.54, 1.807) is 0 Å². The Bertz CT molecular complexity index is 682. The predicted octanol–water partition coefficient (Wildman–Crippen LogP) is 3.39. The normalized spacial score (nSPS) is 13.1. The SMILES string of the molecule is N=C(N)c1cc(F)ccc1Oc1ccc2c(c1)CCC2. The first-order valence-electron chi connectivity index (χ1n) is 6.57. The van der Waals surface area contributed by atoms with Crippen molar-refractivity contribution in [2.24, 2.45) is 5.73 Å². The quantitative estimate of drug-likeness (QED) is 0.663. The minimum Gasteiger partial charge on any atom is -0.457 e. The van der Waals surface area contributed by atoms with Crippen LogP contribution in [0.2, 0.25) is 0 Å². The highest BCUT2D eigenvalue weighted by Gasteiger charge is 2.13. The molecular weight excluding hydrogens is 255 g/mol. The number of hydrogen-bond donors (Lipinski definition) is 2. The van der Waals surface area contributed by atoms with Gasteiger partial charge in [-0.25, -0.2) is 4.39 Å². The van der Waals surface area contributed by atoms with Crippen LogP contribution in [0.25, 0.3) is 0 Å². The van der Waals surface area contributed by atoms with Gasteiger partial charge in [-0.15, -0.1) is 0 Å². The Kier molecular flexibility index (Phi) is 3.14. The smallest absolute Gasteiger partial charge is 0.138 e. The maximum absolute atomic E-state index is 13.2. The monoisotopic (exact) mass is 270 g/mol. The van der Waals surface area contributed by atoms with E-state index in [0.717, 1.165) is 12.8 Å².